The summed E-state index contributed by atoms with van der Waals surface area (Å²) in [5.41, 5.74) is 0.440. The van der Waals surface area contributed by atoms with Crippen molar-refractivity contribution in [2.75, 3.05) is 26.7 Å². The zero-order valence-corrected chi connectivity index (χ0v) is 13.9. The normalized spacial score (nSPS) is 15.3. The van der Waals surface area contributed by atoms with Crippen LogP contribution in [0.1, 0.15) is 23.3 Å². The summed E-state index contributed by atoms with van der Waals surface area (Å²) in [6.45, 7) is 2.59. The Balaban J connectivity index is 1.64. The van der Waals surface area contributed by atoms with E-state index in [4.69, 9.17) is 4.74 Å². The minimum atomic E-state index is -0.0172. The van der Waals surface area contributed by atoms with E-state index in [9.17, 15) is 4.79 Å². The lowest BCUT2D eigenvalue weighted by Crippen LogP contribution is -2.40. The highest BCUT2D eigenvalue weighted by Gasteiger charge is 2.24. The van der Waals surface area contributed by atoms with E-state index in [1.54, 1.807) is 18.3 Å². The third-order valence-electron chi connectivity index (χ3n) is 4.32. The number of carbonyl (C=O) groups excluding carboxylic acids is 1. The van der Waals surface area contributed by atoms with Crippen molar-refractivity contribution in [2.24, 2.45) is 5.92 Å². The zero-order chi connectivity index (χ0) is 16.8. The number of nitrogens with zero attached hydrogens (tertiary/aromatic N) is 2. The van der Waals surface area contributed by atoms with Crippen molar-refractivity contribution in [3.8, 4) is 11.5 Å². The third-order valence-corrected chi connectivity index (χ3v) is 4.32. The summed E-state index contributed by atoms with van der Waals surface area (Å²) in [4.78, 5) is 18.8. The fourth-order valence-electron chi connectivity index (χ4n) is 3.01. The Morgan fingerprint density at radius 2 is 1.96 bits per heavy atom. The highest BCUT2D eigenvalue weighted by Crippen LogP contribution is 2.23. The van der Waals surface area contributed by atoms with Gasteiger partial charge in [0.25, 0.3) is 5.91 Å². The number of pyridine rings is 1. The molecule has 24 heavy (non-hydrogen) atoms. The number of carbonyl (C=O) groups is 1. The van der Waals surface area contributed by atoms with Crippen molar-refractivity contribution < 1.29 is 9.53 Å². The fourth-order valence-corrected chi connectivity index (χ4v) is 3.01. The smallest absolute Gasteiger partial charge is 0.272 e. The Kier molecular flexibility index (Phi) is 5.43. The van der Waals surface area contributed by atoms with Gasteiger partial charge in [0.2, 0.25) is 0 Å². The molecule has 0 unspecified atom stereocenters. The van der Waals surface area contributed by atoms with Crippen molar-refractivity contribution in [2.45, 2.75) is 12.8 Å². The molecule has 0 bridgehead atoms. The molecule has 5 heteroatoms. The Morgan fingerprint density at radius 3 is 2.67 bits per heavy atom. The first-order valence-electron chi connectivity index (χ1n) is 8.39. The van der Waals surface area contributed by atoms with Crippen LogP contribution in [0.5, 0.6) is 11.5 Å². The molecule has 0 atom stereocenters. The van der Waals surface area contributed by atoms with Gasteiger partial charge in [-0.2, -0.15) is 0 Å². The van der Waals surface area contributed by atoms with E-state index >= 15 is 0 Å². The van der Waals surface area contributed by atoms with Gasteiger partial charge < -0.3 is 15.0 Å². The number of likely N-dealkylation sites (tertiary alicyclic amines) is 1. The Morgan fingerprint density at radius 1 is 1.21 bits per heavy atom. The maximum atomic E-state index is 12.7. The number of rotatable bonds is 5. The topological polar surface area (TPSA) is 54.5 Å². The van der Waals surface area contributed by atoms with Crippen molar-refractivity contribution in [1.82, 2.24) is 15.2 Å². The number of piperidine rings is 1. The molecule has 2 aromatic rings. The van der Waals surface area contributed by atoms with Gasteiger partial charge in [-0.1, -0.05) is 18.2 Å². The summed E-state index contributed by atoms with van der Waals surface area (Å²) in [5, 5.41) is 3.21. The molecule has 0 saturated carbocycles. The van der Waals surface area contributed by atoms with Gasteiger partial charge in [-0.25, -0.2) is 0 Å². The number of benzene rings is 1. The summed E-state index contributed by atoms with van der Waals surface area (Å²) < 4.78 is 5.79. The Hall–Kier alpha value is -2.40. The predicted octanol–water partition coefficient (Wildman–Crippen LogP) is 2.95. The molecule has 1 aliphatic heterocycles. The molecule has 1 aromatic heterocycles. The Labute approximate surface area is 142 Å². The maximum Gasteiger partial charge on any atom is 0.272 e. The lowest BCUT2D eigenvalue weighted by molar-refractivity contribution is 0.0684. The monoisotopic (exact) mass is 325 g/mol. The largest absolute Gasteiger partial charge is 0.457 e. The molecule has 0 spiro atoms. The van der Waals surface area contributed by atoms with Gasteiger partial charge in [-0.15, -0.1) is 0 Å². The summed E-state index contributed by atoms with van der Waals surface area (Å²) in [7, 11) is 1.97. The molecule has 1 saturated heterocycles. The van der Waals surface area contributed by atoms with E-state index in [2.05, 4.69) is 10.3 Å². The second-order valence-electron chi connectivity index (χ2n) is 6.09. The quantitative estimate of drug-likeness (QED) is 0.918. The number of amides is 1. The van der Waals surface area contributed by atoms with Gasteiger partial charge in [0, 0.05) is 25.4 Å². The number of aromatic nitrogens is 1. The van der Waals surface area contributed by atoms with Crippen LogP contribution in [0.4, 0.5) is 0 Å². The third kappa shape index (κ3) is 4.11. The fraction of sp³-hybridized carbons (Fsp3) is 0.368. The van der Waals surface area contributed by atoms with Gasteiger partial charge in [-0.05, 0) is 50.6 Å². The highest BCUT2D eigenvalue weighted by molar-refractivity contribution is 5.92. The van der Waals surface area contributed by atoms with Crippen LogP contribution in [-0.2, 0) is 0 Å². The second-order valence-corrected chi connectivity index (χ2v) is 6.09. The average Bonchev–Trinajstić information content (AvgIpc) is 2.63. The molecular weight excluding hydrogens is 302 g/mol. The van der Waals surface area contributed by atoms with Crippen molar-refractivity contribution in [3.63, 3.8) is 0 Å². The van der Waals surface area contributed by atoms with E-state index in [1.165, 1.54) is 0 Å². The molecule has 1 aromatic carbocycles. The van der Waals surface area contributed by atoms with Crippen LogP contribution in [0, 0.1) is 5.92 Å². The van der Waals surface area contributed by atoms with E-state index in [1.807, 2.05) is 42.3 Å². The predicted molar refractivity (Wildman–Crippen MR) is 93.3 cm³/mol. The van der Waals surface area contributed by atoms with Gasteiger partial charge in [-0.3, -0.25) is 9.78 Å². The number of nitrogens with one attached hydrogen (secondary N) is 1. The molecule has 1 aliphatic rings. The van der Waals surface area contributed by atoms with E-state index in [0.717, 1.165) is 38.2 Å². The molecule has 0 radical (unpaired) electrons. The number of hydrogen-bond donors (Lipinski definition) is 1. The first-order valence-corrected chi connectivity index (χ1v) is 8.39. The molecule has 126 valence electrons. The van der Waals surface area contributed by atoms with Gasteiger partial charge >= 0.3 is 0 Å². The molecule has 2 heterocycles. The van der Waals surface area contributed by atoms with Crippen LogP contribution < -0.4 is 10.1 Å². The van der Waals surface area contributed by atoms with Crippen LogP contribution in [0.3, 0.4) is 0 Å². The summed E-state index contributed by atoms with van der Waals surface area (Å²) in [6, 6.07) is 13.0. The van der Waals surface area contributed by atoms with E-state index < -0.39 is 0 Å². The molecule has 1 fully saturated rings. The van der Waals surface area contributed by atoms with Crippen LogP contribution >= 0.6 is 0 Å². The molecular formula is C19H23N3O2. The van der Waals surface area contributed by atoms with Gasteiger partial charge in [0.1, 0.15) is 17.2 Å². The molecule has 0 aliphatic carbocycles. The van der Waals surface area contributed by atoms with Crippen LogP contribution in [0.25, 0.3) is 0 Å². The lowest BCUT2D eigenvalue weighted by atomic mass is 9.96. The van der Waals surface area contributed by atoms with E-state index in [-0.39, 0.29) is 5.91 Å². The summed E-state index contributed by atoms with van der Waals surface area (Å²) >= 11 is 0. The lowest BCUT2D eigenvalue weighted by Gasteiger charge is -2.31. The molecule has 1 amide bonds. The number of ether oxygens (including phenoxy) is 1. The van der Waals surface area contributed by atoms with Gasteiger partial charge in [0.05, 0.1) is 0 Å². The maximum absolute atomic E-state index is 12.7. The minimum absolute atomic E-state index is 0.0172. The first kappa shape index (κ1) is 16.5. The SMILES string of the molecule is CNCC1CCN(C(=O)c2cc(Oc3ccccc3)ccn2)CC1. The van der Waals surface area contributed by atoms with Crippen molar-refractivity contribution in [1.29, 1.82) is 0 Å². The van der Waals surface area contributed by atoms with Crippen molar-refractivity contribution in [3.05, 3.63) is 54.4 Å². The molecule has 3 rings (SSSR count). The summed E-state index contributed by atoms with van der Waals surface area (Å²) in [5.74, 6) is 2.01. The minimum Gasteiger partial charge on any atom is -0.457 e. The average molecular weight is 325 g/mol. The molecule has 1 N–H and O–H groups in total. The zero-order valence-electron chi connectivity index (χ0n) is 13.9. The van der Waals surface area contributed by atoms with E-state index in [0.29, 0.717) is 17.4 Å². The van der Waals surface area contributed by atoms with Crippen LogP contribution in [0.15, 0.2) is 48.7 Å². The summed E-state index contributed by atoms with van der Waals surface area (Å²) in [6.07, 6.45) is 3.69. The molecule has 5 nitrogen and oxygen atoms in total. The standard InChI is InChI=1S/C19H23N3O2/c1-20-14-15-8-11-22(12-9-15)19(23)18-13-17(7-10-21-18)24-16-5-3-2-4-6-16/h2-7,10,13,15,20H,8-9,11-12,14H2,1H3. The Bertz CT molecular complexity index is 667. The highest BCUT2D eigenvalue weighted by atomic mass is 16.5. The van der Waals surface area contributed by atoms with Crippen molar-refractivity contribution >= 4 is 5.91 Å². The van der Waals surface area contributed by atoms with Crippen LogP contribution in [-0.4, -0.2) is 42.5 Å². The van der Waals surface area contributed by atoms with Gasteiger partial charge in [0.15, 0.2) is 0 Å². The first-order chi connectivity index (χ1) is 11.8. The number of para-hydroxylation sites is 1. The van der Waals surface area contributed by atoms with Crippen LogP contribution in [0.2, 0.25) is 0 Å². The second kappa shape index (κ2) is 7.93. The number of hydrogen-bond acceptors (Lipinski definition) is 4.